The number of hydrogen-bond donors (Lipinski definition) is 1. The summed E-state index contributed by atoms with van der Waals surface area (Å²) in [5.74, 6) is 1.20. The first-order chi connectivity index (χ1) is 10.2. The van der Waals surface area contributed by atoms with Crippen LogP contribution < -0.4 is 10.5 Å². The fourth-order valence-electron chi connectivity index (χ4n) is 2.64. The summed E-state index contributed by atoms with van der Waals surface area (Å²) in [6.07, 6.45) is 0. The molecule has 0 aromatic heterocycles. The zero-order chi connectivity index (χ0) is 15.2. The van der Waals surface area contributed by atoms with Crippen LogP contribution >= 0.6 is 0 Å². The molecular formula is C16H25N3O2. The van der Waals surface area contributed by atoms with Crippen LogP contribution in [0.15, 0.2) is 24.3 Å². The monoisotopic (exact) mass is 291 g/mol. The van der Waals surface area contributed by atoms with Crippen molar-refractivity contribution in [2.75, 3.05) is 46.4 Å². The number of carbonyl (C=O) groups excluding carboxylic acids is 1. The van der Waals surface area contributed by atoms with E-state index in [1.165, 1.54) is 0 Å². The van der Waals surface area contributed by atoms with Gasteiger partial charge in [-0.1, -0.05) is 19.1 Å². The van der Waals surface area contributed by atoms with Gasteiger partial charge in [0.05, 0.1) is 12.7 Å². The molecule has 1 aliphatic heterocycles. The molecule has 21 heavy (non-hydrogen) atoms. The molecule has 1 saturated heterocycles. The second-order valence-electron chi connectivity index (χ2n) is 5.63. The Kier molecular flexibility index (Phi) is 5.59. The molecule has 1 fully saturated rings. The lowest BCUT2D eigenvalue weighted by molar-refractivity contribution is 0.0619. The minimum atomic E-state index is 0.0546. The van der Waals surface area contributed by atoms with Gasteiger partial charge >= 0.3 is 0 Å². The van der Waals surface area contributed by atoms with E-state index in [0.717, 1.165) is 32.7 Å². The molecule has 1 atom stereocenters. The number of para-hydroxylation sites is 1. The van der Waals surface area contributed by atoms with Gasteiger partial charge in [0.2, 0.25) is 0 Å². The van der Waals surface area contributed by atoms with Crippen molar-refractivity contribution >= 4 is 5.91 Å². The molecule has 2 N–H and O–H groups in total. The van der Waals surface area contributed by atoms with Crippen molar-refractivity contribution < 1.29 is 9.53 Å². The smallest absolute Gasteiger partial charge is 0.257 e. The van der Waals surface area contributed by atoms with E-state index < -0.39 is 0 Å². The Labute approximate surface area is 126 Å². The number of nitrogens with zero attached hydrogens (tertiary/aromatic N) is 2. The fourth-order valence-corrected chi connectivity index (χ4v) is 2.64. The van der Waals surface area contributed by atoms with Gasteiger partial charge in [-0.15, -0.1) is 0 Å². The molecule has 5 nitrogen and oxygen atoms in total. The average Bonchev–Trinajstić information content (AvgIpc) is 2.54. The number of hydrogen-bond acceptors (Lipinski definition) is 4. The van der Waals surface area contributed by atoms with Crippen LogP contribution in [0.25, 0.3) is 0 Å². The predicted octanol–water partition coefficient (Wildman–Crippen LogP) is 1.05. The molecule has 1 aromatic rings. The van der Waals surface area contributed by atoms with Gasteiger partial charge in [-0.25, -0.2) is 0 Å². The van der Waals surface area contributed by atoms with Crippen molar-refractivity contribution in [2.24, 2.45) is 11.7 Å². The summed E-state index contributed by atoms with van der Waals surface area (Å²) in [5.41, 5.74) is 6.31. The number of ether oxygens (including phenoxy) is 1. The van der Waals surface area contributed by atoms with Crippen LogP contribution in [0.1, 0.15) is 17.3 Å². The Bertz CT molecular complexity index is 470. The molecule has 0 bridgehead atoms. The van der Waals surface area contributed by atoms with Crippen LogP contribution in [-0.2, 0) is 0 Å². The van der Waals surface area contributed by atoms with Gasteiger partial charge in [-0.3, -0.25) is 9.69 Å². The zero-order valence-corrected chi connectivity index (χ0v) is 12.9. The maximum atomic E-state index is 12.6. The molecule has 1 aromatic carbocycles. The van der Waals surface area contributed by atoms with Gasteiger partial charge in [0.15, 0.2) is 0 Å². The number of nitrogens with two attached hydrogens (primary N) is 1. The van der Waals surface area contributed by atoms with Crippen molar-refractivity contribution in [3.05, 3.63) is 29.8 Å². The van der Waals surface area contributed by atoms with Gasteiger partial charge < -0.3 is 15.4 Å². The minimum Gasteiger partial charge on any atom is -0.496 e. The summed E-state index contributed by atoms with van der Waals surface area (Å²) >= 11 is 0. The maximum absolute atomic E-state index is 12.6. The Hall–Kier alpha value is -1.59. The fraction of sp³-hybridized carbons (Fsp3) is 0.562. The van der Waals surface area contributed by atoms with E-state index in [1.54, 1.807) is 7.11 Å². The quantitative estimate of drug-likeness (QED) is 0.881. The molecule has 0 spiro atoms. The SMILES string of the molecule is COc1ccccc1C(=O)N1CCN(CC(C)CN)CC1. The van der Waals surface area contributed by atoms with E-state index in [2.05, 4.69) is 11.8 Å². The van der Waals surface area contributed by atoms with E-state index in [9.17, 15) is 4.79 Å². The predicted molar refractivity (Wildman–Crippen MR) is 83.6 cm³/mol. The van der Waals surface area contributed by atoms with Crippen molar-refractivity contribution in [3.8, 4) is 5.75 Å². The maximum Gasteiger partial charge on any atom is 0.257 e. The number of methoxy groups -OCH3 is 1. The third-order valence-corrected chi connectivity index (χ3v) is 3.97. The molecule has 1 aliphatic rings. The number of carbonyl (C=O) groups is 1. The van der Waals surface area contributed by atoms with Crippen LogP contribution in [0.2, 0.25) is 0 Å². The van der Waals surface area contributed by atoms with Gasteiger partial charge in [-0.2, -0.15) is 0 Å². The zero-order valence-electron chi connectivity index (χ0n) is 12.9. The Morgan fingerprint density at radius 1 is 1.29 bits per heavy atom. The molecule has 1 amide bonds. The lowest BCUT2D eigenvalue weighted by Crippen LogP contribution is -2.50. The third-order valence-electron chi connectivity index (χ3n) is 3.97. The Morgan fingerprint density at radius 3 is 2.57 bits per heavy atom. The highest BCUT2D eigenvalue weighted by molar-refractivity contribution is 5.97. The first kappa shape index (κ1) is 15.8. The van der Waals surface area contributed by atoms with E-state index in [-0.39, 0.29) is 5.91 Å². The van der Waals surface area contributed by atoms with E-state index >= 15 is 0 Å². The summed E-state index contributed by atoms with van der Waals surface area (Å²) in [6, 6.07) is 7.40. The van der Waals surface area contributed by atoms with Crippen molar-refractivity contribution in [2.45, 2.75) is 6.92 Å². The number of piperazine rings is 1. The molecule has 0 aliphatic carbocycles. The van der Waals surface area contributed by atoms with Crippen LogP contribution in [-0.4, -0.2) is 62.1 Å². The van der Waals surface area contributed by atoms with Crippen LogP contribution in [0.3, 0.4) is 0 Å². The number of amides is 1. The second kappa shape index (κ2) is 7.43. The Morgan fingerprint density at radius 2 is 1.95 bits per heavy atom. The summed E-state index contributed by atoms with van der Waals surface area (Å²) in [6.45, 7) is 7.21. The minimum absolute atomic E-state index is 0.0546. The van der Waals surface area contributed by atoms with Gasteiger partial charge in [0.25, 0.3) is 5.91 Å². The highest BCUT2D eigenvalue weighted by Gasteiger charge is 2.24. The van der Waals surface area contributed by atoms with Gasteiger partial charge in [-0.05, 0) is 24.6 Å². The van der Waals surface area contributed by atoms with Crippen molar-refractivity contribution in [1.29, 1.82) is 0 Å². The summed E-state index contributed by atoms with van der Waals surface area (Å²) < 4.78 is 5.27. The summed E-state index contributed by atoms with van der Waals surface area (Å²) in [4.78, 5) is 16.9. The third kappa shape index (κ3) is 3.95. The molecule has 1 unspecified atom stereocenters. The van der Waals surface area contributed by atoms with Crippen molar-refractivity contribution in [3.63, 3.8) is 0 Å². The van der Waals surface area contributed by atoms with E-state index in [1.807, 2.05) is 29.2 Å². The normalized spacial score (nSPS) is 17.6. The second-order valence-corrected chi connectivity index (χ2v) is 5.63. The topological polar surface area (TPSA) is 58.8 Å². The standard InChI is InChI=1S/C16H25N3O2/c1-13(11-17)12-18-7-9-19(10-8-18)16(20)14-5-3-4-6-15(14)21-2/h3-6,13H,7-12,17H2,1-2H3. The largest absolute Gasteiger partial charge is 0.496 e. The van der Waals surface area contributed by atoms with E-state index in [0.29, 0.717) is 23.8 Å². The lowest BCUT2D eigenvalue weighted by atomic mass is 10.1. The highest BCUT2D eigenvalue weighted by atomic mass is 16.5. The molecular weight excluding hydrogens is 266 g/mol. The molecule has 1 heterocycles. The van der Waals surface area contributed by atoms with Gasteiger partial charge in [0.1, 0.15) is 5.75 Å². The highest BCUT2D eigenvalue weighted by Crippen LogP contribution is 2.20. The first-order valence-corrected chi connectivity index (χ1v) is 7.50. The number of benzene rings is 1. The molecule has 0 saturated carbocycles. The van der Waals surface area contributed by atoms with Crippen molar-refractivity contribution in [1.82, 2.24) is 9.80 Å². The summed E-state index contributed by atoms with van der Waals surface area (Å²) in [7, 11) is 1.60. The van der Waals surface area contributed by atoms with Gasteiger partial charge in [0, 0.05) is 32.7 Å². The first-order valence-electron chi connectivity index (χ1n) is 7.50. The molecule has 0 radical (unpaired) electrons. The van der Waals surface area contributed by atoms with Crippen LogP contribution in [0.5, 0.6) is 5.75 Å². The molecule has 116 valence electrons. The van der Waals surface area contributed by atoms with Crippen LogP contribution in [0, 0.1) is 5.92 Å². The van der Waals surface area contributed by atoms with Crippen LogP contribution in [0.4, 0.5) is 0 Å². The average molecular weight is 291 g/mol. The van der Waals surface area contributed by atoms with E-state index in [4.69, 9.17) is 10.5 Å². The lowest BCUT2D eigenvalue weighted by Gasteiger charge is -2.36. The Balaban J connectivity index is 1.94. The molecule has 2 rings (SSSR count). The molecule has 5 heteroatoms. The summed E-state index contributed by atoms with van der Waals surface area (Å²) in [5, 5.41) is 0. The number of rotatable bonds is 5.